The number of hydrogen-bond acceptors (Lipinski definition) is 8. The van der Waals surface area contributed by atoms with Crippen molar-refractivity contribution in [2.24, 2.45) is 5.41 Å². The summed E-state index contributed by atoms with van der Waals surface area (Å²) in [6, 6.07) is 18.9. The molecule has 0 radical (unpaired) electrons. The molecular weight excluding hydrogens is 532 g/mol. The Morgan fingerprint density at radius 2 is 1.52 bits per heavy atom. The van der Waals surface area contributed by atoms with Gasteiger partial charge < -0.3 is 30.3 Å². The van der Waals surface area contributed by atoms with Crippen molar-refractivity contribution in [3.63, 3.8) is 0 Å². The number of amides is 2. The van der Waals surface area contributed by atoms with Crippen LogP contribution in [0, 0.1) is 5.41 Å². The maximum Gasteiger partial charge on any atom is 0.410 e. The molecule has 3 N–H and O–H groups in total. The number of phenols is 1. The number of aromatic nitrogens is 2. The van der Waals surface area contributed by atoms with Crippen LogP contribution in [0.2, 0.25) is 0 Å². The minimum absolute atomic E-state index is 0.0400. The molecule has 3 aliphatic heterocycles. The Bertz CT molecular complexity index is 1480. The largest absolute Gasteiger partial charge is 0.507 e. The molecule has 4 heterocycles. The highest BCUT2D eigenvalue weighted by Crippen LogP contribution is 2.46. The molecule has 0 bridgehead atoms. The Morgan fingerprint density at radius 3 is 2.17 bits per heavy atom. The van der Waals surface area contributed by atoms with E-state index < -0.39 is 11.0 Å². The molecule has 220 valence electrons. The van der Waals surface area contributed by atoms with E-state index in [1.165, 1.54) is 0 Å². The van der Waals surface area contributed by atoms with E-state index >= 15 is 0 Å². The summed E-state index contributed by atoms with van der Waals surface area (Å²) >= 11 is 0. The van der Waals surface area contributed by atoms with Gasteiger partial charge in [-0.2, -0.15) is 0 Å². The van der Waals surface area contributed by atoms with Crippen LogP contribution in [-0.4, -0.2) is 82.0 Å². The molecule has 3 aliphatic rings. The highest BCUT2D eigenvalue weighted by atomic mass is 16.6. The van der Waals surface area contributed by atoms with Crippen molar-refractivity contribution in [1.82, 2.24) is 20.0 Å². The lowest BCUT2D eigenvalue weighted by Crippen LogP contribution is -2.75. The van der Waals surface area contributed by atoms with Gasteiger partial charge >= 0.3 is 6.09 Å². The molecule has 10 nitrogen and oxygen atoms in total. The molecule has 6 rings (SSSR count). The molecule has 0 atom stereocenters. The van der Waals surface area contributed by atoms with Crippen LogP contribution in [0.1, 0.15) is 39.2 Å². The van der Waals surface area contributed by atoms with Crippen molar-refractivity contribution in [1.29, 1.82) is 0 Å². The Morgan fingerprint density at radius 1 is 0.905 bits per heavy atom. The molecular formula is C32H38N6O4. The summed E-state index contributed by atoms with van der Waals surface area (Å²) in [7, 11) is 0. The second kappa shape index (κ2) is 10.2. The summed E-state index contributed by atoms with van der Waals surface area (Å²) in [5.74, 6) is 0.588. The Labute approximate surface area is 246 Å². The van der Waals surface area contributed by atoms with E-state index in [9.17, 15) is 14.7 Å². The number of ether oxygens (including phenoxy) is 1. The third-order valence-corrected chi connectivity index (χ3v) is 8.72. The van der Waals surface area contributed by atoms with Crippen molar-refractivity contribution in [3.8, 4) is 17.0 Å². The Hall–Kier alpha value is -4.34. The quantitative estimate of drug-likeness (QED) is 0.481. The predicted octanol–water partition coefficient (Wildman–Crippen LogP) is 4.05. The molecule has 3 saturated heterocycles. The first-order valence-corrected chi connectivity index (χ1v) is 14.5. The molecule has 0 aliphatic carbocycles. The maximum atomic E-state index is 14.2. The van der Waals surface area contributed by atoms with E-state index in [-0.39, 0.29) is 23.2 Å². The van der Waals surface area contributed by atoms with Crippen LogP contribution >= 0.6 is 0 Å². The number of rotatable bonds is 4. The summed E-state index contributed by atoms with van der Waals surface area (Å²) in [4.78, 5) is 32.5. The fourth-order valence-corrected chi connectivity index (χ4v) is 6.61. The lowest BCUT2D eigenvalue weighted by atomic mass is 9.67. The number of benzene rings is 2. The summed E-state index contributed by atoms with van der Waals surface area (Å²) < 4.78 is 5.51. The van der Waals surface area contributed by atoms with Gasteiger partial charge in [-0.3, -0.25) is 4.79 Å². The first-order chi connectivity index (χ1) is 20.0. The number of para-hydroxylation sites is 1. The molecule has 1 spiro atoms. The zero-order chi connectivity index (χ0) is 29.7. The molecule has 10 heteroatoms. The van der Waals surface area contributed by atoms with Gasteiger partial charge in [0.1, 0.15) is 11.4 Å². The fourth-order valence-electron chi connectivity index (χ4n) is 6.61. The molecule has 3 fully saturated rings. The SMILES string of the molecule is CC(C)(C)OC(=O)N1CC2(C1)CN(C(=O)C1(c3ccccc3)CCN(c3cc(-c4ccccc4O)nnc3N)CC1)C2. The van der Waals surface area contributed by atoms with Crippen LogP contribution in [0.4, 0.5) is 16.3 Å². The average Bonchev–Trinajstić information content (AvgIpc) is 2.92. The molecule has 2 amide bonds. The normalized spacial score (nSPS) is 19.2. The van der Waals surface area contributed by atoms with E-state index in [0.29, 0.717) is 69.2 Å². The standard InChI is InChI=1S/C32H38N6O4/c1-30(2,3)42-29(41)38-20-31(21-38)18-37(19-31)28(40)32(22-9-5-4-6-10-22)13-15-36(16-14-32)25-17-24(34-35-27(25)33)23-11-7-8-12-26(23)39/h4-12,17,39H,13-16,18-21H2,1-3H3,(H2,33,35). The first-order valence-electron chi connectivity index (χ1n) is 14.5. The van der Waals surface area contributed by atoms with Crippen LogP contribution in [-0.2, 0) is 14.9 Å². The molecule has 2 aromatic carbocycles. The van der Waals surface area contributed by atoms with Crippen LogP contribution in [0.5, 0.6) is 5.75 Å². The van der Waals surface area contributed by atoms with Gasteiger partial charge in [-0.1, -0.05) is 42.5 Å². The fraction of sp³-hybridized carbons (Fsp3) is 0.438. The number of nitrogens with two attached hydrogens (primary N) is 1. The monoisotopic (exact) mass is 570 g/mol. The van der Waals surface area contributed by atoms with Crippen LogP contribution < -0.4 is 10.6 Å². The van der Waals surface area contributed by atoms with Crippen molar-refractivity contribution in [2.45, 2.75) is 44.6 Å². The van der Waals surface area contributed by atoms with Gasteiger partial charge in [-0.05, 0) is 57.4 Å². The van der Waals surface area contributed by atoms with Crippen molar-refractivity contribution < 1.29 is 19.4 Å². The number of nitrogen functional groups attached to an aromatic ring is 1. The van der Waals surface area contributed by atoms with E-state index in [0.717, 1.165) is 11.3 Å². The van der Waals surface area contributed by atoms with Crippen LogP contribution in [0.3, 0.4) is 0 Å². The minimum atomic E-state index is -0.649. The lowest BCUT2D eigenvalue weighted by molar-refractivity contribution is -0.163. The van der Waals surface area contributed by atoms with E-state index in [4.69, 9.17) is 10.5 Å². The summed E-state index contributed by atoms with van der Waals surface area (Å²) in [6.45, 7) is 9.35. The van der Waals surface area contributed by atoms with Gasteiger partial charge in [0.15, 0.2) is 5.82 Å². The van der Waals surface area contributed by atoms with Gasteiger partial charge in [0.05, 0.1) is 16.8 Å². The summed E-state index contributed by atoms with van der Waals surface area (Å²) in [6.07, 6.45) is 0.954. The predicted molar refractivity (Wildman–Crippen MR) is 160 cm³/mol. The Kier molecular flexibility index (Phi) is 6.74. The number of carbonyl (C=O) groups is 2. The smallest absolute Gasteiger partial charge is 0.410 e. The highest BCUT2D eigenvalue weighted by Gasteiger charge is 2.58. The second-order valence-electron chi connectivity index (χ2n) is 13.0. The topological polar surface area (TPSA) is 125 Å². The number of likely N-dealkylation sites (tertiary alicyclic amines) is 2. The van der Waals surface area contributed by atoms with Gasteiger partial charge in [0, 0.05) is 50.2 Å². The van der Waals surface area contributed by atoms with Crippen LogP contribution in [0.25, 0.3) is 11.3 Å². The van der Waals surface area contributed by atoms with Crippen LogP contribution in [0.15, 0.2) is 60.7 Å². The molecule has 0 saturated carbocycles. The van der Waals surface area contributed by atoms with Gasteiger partial charge in [-0.25, -0.2) is 4.79 Å². The molecule has 42 heavy (non-hydrogen) atoms. The van der Waals surface area contributed by atoms with Crippen molar-refractivity contribution in [2.75, 3.05) is 49.9 Å². The zero-order valence-electron chi connectivity index (χ0n) is 24.4. The highest BCUT2D eigenvalue weighted by molar-refractivity contribution is 5.90. The van der Waals surface area contributed by atoms with E-state index in [1.54, 1.807) is 23.1 Å². The number of carbonyl (C=O) groups excluding carboxylic acids is 2. The van der Waals surface area contributed by atoms with Gasteiger partial charge in [0.2, 0.25) is 5.91 Å². The number of nitrogens with zero attached hydrogens (tertiary/aromatic N) is 5. The number of phenolic OH excluding ortho intramolecular Hbond substituents is 1. The molecule has 0 unspecified atom stereocenters. The maximum absolute atomic E-state index is 14.2. The number of anilines is 2. The number of piperidine rings is 1. The summed E-state index contributed by atoms with van der Waals surface area (Å²) in [5.41, 5.74) is 7.97. The Balaban J connectivity index is 1.17. The third-order valence-electron chi connectivity index (χ3n) is 8.72. The minimum Gasteiger partial charge on any atom is -0.507 e. The lowest BCUT2D eigenvalue weighted by Gasteiger charge is -2.61. The molecule has 1 aromatic heterocycles. The molecule has 3 aromatic rings. The van der Waals surface area contributed by atoms with Gasteiger partial charge in [-0.15, -0.1) is 10.2 Å². The summed E-state index contributed by atoms with van der Waals surface area (Å²) in [5, 5.41) is 18.7. The first kappa shape index (κ1) is 27.8. The van der Waals surface area contributed by atoms with Crippen molar-refractivity contribution in [3.05, 3.63) is 66.2 Å². The van der Waals surface area contributed by atoms with Crippen molar-refractivity contribution >= 4 is 23.5 Å². The van der Waals surface area contributed by atoms with E-state index in [1.807, 2.05) is 56.0 Å². The number of hydrogen-bond donors (Lipinski definition) is 2. The van der Waals surface area contributed by atoms with Gasteiger partial charge in [0.25, 0.3) is 0 Å². The third kappa shape index (κ3) is 4.99. The average molecular weight is 571 g/mol. The number of aromatic hydroxyl groups is 1. The van der Waals surface area contributed by atoms with E-state index in [2.05, 4.69) is 27.2 Å². The second-order valence-corrected chi connectivity index (χ2v) is 13.0. The zero-order valence-corrected chi connectivity index (χ0v) is 24.4.